The first kappa shape index (κ1) is 42.8. The maximum atomic E-state index is 12.3. The van der Waals surface area contributed by atoms with Crippen LogP contribution in [0.5, 0.6) is 0 Å². The molecule has 0 aromatic rings. The highest BCUT2D eigenvalue weighted by Crippen LogP contribution is 2.15. The van der Waals surface area contributed by atoms with Crippen LogP contribution < -0.4 is 5.32 Å². The number of hydrogen-bond donors (Lipinski definition) is 4. The zero-order valence-corrected chi connectivity index (χ0v) is 29.3. The van der Waals surface area contributed by atoms with Gasteiger partial charge in [-0.25, -0.2) is 0 Å². The molecule has 0 aromatic heterocycles. The second-order valence-corrected chi connectivity index (χ2v) is 13.1. The van der Waals surface area contributed by atoms with Crippen molar-refractivity contribution in [2.75, 3.05) is 6.61 Å². The summed E-state index contributed by atoms with van der Waals surface area (Å²) in [4.78, 5) is 12.3. The van der Waals surface area contributed by atoms with Crippen molar-refractivity contribution in [1.29, 1.82) is 0 Å². The van der Waals surface area contributed by atoms with E-state index in [0.29, 0.717) is 12.8 Å². The summed E-state index contributed by atoms with van der Waals surface area (Å²) in [5.74, 6) is -0.159. The van der Waals surface area contributed by atoms with Gasteiger partial charge in [0.2, 0.25) is 5.91 Å². The van der Waals surface area contributed by atoms with Crippen LogP contribution in [0.4, 0.5) is 0 Å². The Bertz CT molecular complexity index is 650. The fourth-order valence-electron chi connectivity index (χ4n) is 5.77. The zero-order valence-electron chi connectivity index (χ0n) is 29.3. The van der Waals surface area contributed by atoms with Gasteiger partial charge in [-0.2, -0.15) is 0 Å². The monoisotopic (exact) mass is 622 g/mol. The van der Waals surface area contributed by atoms with E-state index in [1.54, 1.807) is 0 Å². The van der Waals surface area contributed by atoms with Crippen molar-refractivity contribution in [3.05, 3.63) is 24.3 Å². The smallest absolute Gasteiger partial charge is 0.220 e. The molecule has 0 heterocycles. The predicted molar refractivity (Wildman–Crippen MR) is 190 cm³/mol. The van der Waals surface area contributed by atoms with E-state index in [0.717, 1.165) is 51.4 Å². The van der Waals surface area contributed by atoms with E-state index in [4.69, 9.17) is 0 Å². The van der Waals surface area contributed by atoms with Gasteiger partial charge >= 0.3 is 0 Å². The topological polar surface area (TPSA) is 89.8 Å². The first-order valence-corrected chi connectivity index (χ1v) is 19.1. The van der Waals surface area contributed by atoms with Crippen molar-refractivity contribution in [2.24, 2.45) is 0 Å². The first-order chi connectivity index (χ1) is 21.6. The van der Waals surface area contributed by atoms with E-state index in [1.807, 2.05) is 0 Å². The predicted octanol–water partition coefficient (Wildman–Crippen LogP) is 10.3. The molecule has 0 bridgehead atoms. The minimum atomic E-state index is -1.16. The van der Waals surface area contributed by atoms with Crippen molar-refractivity contribution in [1.82, 2.24) is 5.32 Å². The molecule has 0 saturated carbocycles. The van der Waals surface area contributed by atoms with Gasteiger partial charge in [0.15, 0.2) is 0 Å². The van der Waals surface area contributed by atoms with Crippen molar-refractivity contribution in [3.8, 4) is 0 Å². The molecule has 0 aliphatic carbocycles. The lowest BCUT2D eigenvalue weighted by molar-refractivity contribution is -0.124. The lowest BCUT2D eigenvalue weighted by Gasteiger charge is -2.26. The highest BCUT2D eigenvalue weighted by atomic mass is 16.3. The van der Waals surface area contributed by atoms with E-state index < -0.39 is 18.2 Å². The van der Waals surface area contributed by atoms with Gasteiger partial charge in [0.05, 0.1) is 18.8 Å². The average molecular weight is 622 g/mol. The summed E-state index contributed by atoms with van der Waals surface area (Å²) >= 11 is 0. The highest BCUT2D eigenvalue weighted by Gasteiger charge is 2.26. The Hall–Kier alpha value is -1.17. The Balaban J connectivity index is 3.63. The standard InChI is InChI=1S/C39H75NO4/c1-3-5-7-9-11-13-15-16-17-18-19-20-21-22-23-24-26-28-30-32-34-38(43)40-36(35-41)39(44)37(42)33-31-29-27-25-14-12-10-8-6-4-2/h8,10,25,27,36-37,39,41-42,44H,3-7,9,11-24,26,28-35H2,1-2H3,(H,40,43)/b10-8+,27-25+. The molecule has 0 fully saturated rings. The number of amides is 1. The number of carbonyl (C=O) groups is 1. The summed E-state index contributed by atoms with van der Waals surface area (Å²) in [6, 6.07) is -0.826. The van der Waals surface area contributed by atoms with Crippen molar-refractivity contribution >= 4 is 5.91 Å². The molecule has 5 heteroatoms. The molecule has 0 aromatic carbocycles. The van der Waals surface area contributed by atoms with Gasteiger partial charge in [0, 0.05) is 6.42 Å². The molecule has 44 heavy (non-hydrogen) atoms. The van der Waals surface area contributed by atoms with Crippen LogP contribution in [0.3, 0.4) is 0 Å². The third-order valence-electron chi connectivity index (χ3n) is 8.77. The van der Waals surface area contributed by atoms with E-state index >= 15 is 0 Å². The third kappa shape index (κ3) is 29.5. The van der Waals surface area contributed by atoms with Crippen LogP contribution in [0.1, 0.15) is 194 Å². The molecule has 260 valence electrons. The Kier molecular flexibility index (Phi) is 33.8. The molecule has 3 atom stereocenters. The summed E-state index contributed by atoms with van der Waals surface area (Å²) in [5, 5.41) is 33.2. The Morgan fingerprint density at radius 1 is 0.545 bits per heavy atom. The lowest BCUT2D eigenvalue weighted by atomic mass is 10.0. The Labute approximate surface area is 273 Å². The van der Waals surface area contributed by atoms with Gasteiger partial charge in [-0.3, -0.25) is 4.79 Å². The van der Waals surface area contributed by atoms with E-state index in [-0.39, 0.29) is 12.5 Å². The Morgan fingerprint density at radius 2 is 0.955 bits per heavy atom. The second kappa shape index (κ2) is 34.7. The molecule has 0 aliphatic rings. The molecule has 0 rings (SSSR count). The van der Waals surface area contributed by atoms with Gasteiger partial charge in [-0.1, -0.05) is 167 Å². The highest BCUT2D eigenvalue weighted by molar-refractivity contribution is 5.76. The van der Waals surface area contributed by atoms with Gasteiger partial charge in [-0.05, 0) is 44.9 Å². The molecule has 0 spiro atoms. The number of aliphatic hydroxyl groups is 3. The van der Waals surface area contributed by atoms with Crippen LogP contribution in [-0.2, 0) is 4.79 Å². The molecule has 0 radical (unpaired) electrons. The van der Waals surface area contributed by atoms with Gasteiger partial charge in [-0.15, -0.1) is 0 Å². The fraction of sp³-hybridized carbons (Fsp3) is 0.872. The van der Waals surface area contributed by atoms with Gasteiger partial charge in [0.1, 0.15) is 6.10 Å². The maximum absolute atomic E-state index is 12.3. The number of carbonyl (C=O) groups excluding carboxylic acids is 1. The van der Waals surface area contributed by atoms with Gasteiger partial charge < -0.3 is 20.6 Å². The molecule has 4 N–H and O–H groups in total. The fourth-order valence-corrected chi connectivity index (χ4v) is 5.77. The number of aliphatic hydroxyl groups excluding tert-OH is 3. The number of rotatable bonds is 34. The first-order valence-electron chi connectivity index (χ1n) is 19.1. The quantitative estimate of drug-likeness (QED) is 0.0425. The summed E-state index contributed by atoms with van der Waals surface area (Å²) in [6.45, 7) is 4.08. The summed E-state index contributed by atoms with van der Waals surface area (Å²) < 4.78 is 0. The molecule has 3 unspecified atom stereocenters. The lowest BCUT2D eigenvalue weighted by Crippen LogP contribution is -2.50. The van der Waals surface area contributed by atoms with Gasteiger partial charge in [0.25, 0.3) is 0 Å². The molecule has 1 amide bonds. The largest absolute Gasteiger partial charge is 0.394 e. The third-order valence-corrected chi connectivity index (χ3v) is 8.77. The van der Waals surface area contributed by atoms with Crippen molar-refractivity contribution < 1.29 is 20.1 Å². The van der Waals surface area contributed by atoms with Crippen LogP contribution in [0.15, 0.2) is 24.3 Å². The number of nitrogens with one attached hydrogen (secondary N) is 1. The van der Waals surface area contributed by atoms with Crippen LogP contribution in [0.2, 0.25) is 0 Å². The van der Waals surface area contributed by atoms with Crippen LogP contribution in [0, 0.1) is 0 Å². The normalized spacial score (nSPS) is 14.0. The van der Waals surface area contributed by atoms with E-state index in [9.17, 15) is 20.1 Å². The summed E-state index contributed by atoms with van der Waals surface area (Å²) in [6.07, 6.45) is 40.0. The SMILES string of the molecule is CCC/C=C/CC/C=C/CCCC(O)C(O)C(CO)NC(=O)CCCCCCCCCCCCCCCCCCCCCC. The molecular formula is C39H75NO4. The van der Waals surface area contributed by atoms with Crippen molar-refractivity contribution in [2.45, 2.75) is 212 Å². The number of hydrogen-bond acceptors (Lipinski definition) is 4. The van der Waals surface area contributed by atoms with Crippen LogP contribution >= 0.6 is 0 Å². The van der Waals surface area contributed by atoms with Crippen molar-refractivity contribution in [3.63, 3.8) is 0 Å². The molecular weight excluding hydrogens is 546 g/mol. The van der Waals surface area contributed by atoms with Crippen LogP contribution in [0.25, 0.3) is 0 Å². The number of unbranched alkanes of at least 4 members (excludes halogenated alkanes) is 22. The second-order valence-electron chi connectivity index (χ2n) is 13.1. The Morgan fingerprint density at radius 3 is 1.39 bits per heavy atom. The summed E-state index contributed by atoms with van der Waals surface area (Å²) in [7, 11) is 0. The minimum Gasteiger partial charge on any atom is -0.394 e. The minimum absolute atomic E-state index is 0.159. The summed E-state index contributed by atoms with van der Waals surface area (Å²) in [5.41, 5.74) is 0. The molecule has 0 aliphatic heterocycles. The van der Waals surface area contributed by atoms with E-state index in [1.165, 1.54) is 116 Å². The zero-order chi connectivity index (χ0) is 32.4. The molecule has 0 saturated heterocycles. The maximum Gasteiger partial charge on any atom is 0.220 e. The van der Waals surface area contributed by atoms with E-state index in [2.05, 4.69) is 43.5 Å². The number of allylic oxidation sites excluding steroid dienone is 4. The average Bonchev–Trinajstić information content (AvgIpc) is 3.03. The molecule has 5 nitrogen and oxygen atoms in total. The van der Waals surface area contributed by atoms with Crippen LogP contribution in [-0.4, -0.2) is 46.1 Å².